The van der Waals surface area contributed by atoms with Gasteiger partial charge in [-0.1, -0.05) is 45.6 Å². The minimum atomic E-state index is -0.216. The fourth-order valence-electron chi connectivity index (χ4n) is 6.94. The van der Waals surface area contributed by atoms with E-state index < -0.39 is 0 Å². The van der Waals surface area contributed by atoms with E-state index in [-0.39, 0.29) is 17.4 Å². The summed E-state index contributed by atoms with van der Waals surface area (Å²) in [4.78, 5) is 5.27. The highest BCUT2D eigenvalue weighted by Crippen LogP contribution is 2.44. The Morgan fingerprint density at radius 2 is 1.92 bits per heavy atom. The molecular weight excluding hydrogens is 456 g/mol. The highest BCUT2D eigenvalue weighted by Gasteiger charge is 2.40. The van der Waals surface area contributed by atoms with E-state index >= 15 is 0 Å². The first kappa shape index (κ1) is 25.8. The SMILES string of the molecule is C=CC1=C(C(C)(C)c2cc(N3CCC(N4CCOCC4)CC3)c(CC)cc2C)NC2C=C(C#N)C=CC12. The molecule has 1 aromatic carbocycles. The first-order chi connectivity index (χ1) is 17.9. The number of nitriles is 1. The predicted octanol–water partition coefficient (Wildman–Crippen LogP) is 5.18. The molecule has 37 heavy (non-hydrogen) atoms. The average Bonchev–Trinajstić information content (AvgIpc) is 3.32. The van der Waals surface area contributed by atoms with Crippen LogP contribution >= 0.6 is 0 Å². The van der Waals surface area contributed by atoms with E-state index in [4.69, 9.17) is 4.74 Å². The first-order valence-corrected chi connectivity index (χ1v) is 14.0. The lowest BCUT2D eigenvalue weighted by atomic mass is 9.76. The standard InChI is InChI=1S/C32H42N4O/c1-6-24-18-22(3)28(20-30(24)36-12-10-25(11-13-36)35-14-16-37-17-15-35)32(4,5)31-26(7-2)27-9-8-23(21-33)19-29(27)34-31/h7-9,18-20,25,27,29,34H,2,6,10-17H2,1,3-5H3. The third-order valence-electron chi connectivity index (χ3n) is 9.01. The number of rotatable bonds is 6. The maximum absolute atomic E-state index is 9.42. The number of fused-ring (bicyclic) bond motifs is 1. The Bertz CT molecular complexity index is 1170. The van der Waals surface area contributed by atoms with Gasteiger partial charge < -0.3 is 15.0 Å². The Kier molecular flexibility index (Phi) is 7.34. The molecular formula is C32H42N4O. The molecule has 4 aliphatic rings. The molecule has 0 aromatic heterocycles. The number of nitrogens with zero attached hydrogens (tertiary/aromatic N) is 3. The van der Waals surface area contributed by atoms with Crippen LogP contribution < -0.4 is 10.2 Å². The topological polar surface area (TPSA) is 51.5 Å². The number of benzene rings is 1. The van der Waals surface area contributed by atoms with Gasteiger partial charge in [-0.15, -0.1) is 0 Å². The van der Waals surface area contributed by atoms with Gasteiger partial charge in [0.05, 0.1) is 25.3 Å². The Labute approximate surface area is 223 Å². The van der Waals surface area contributed by atoms with Crippen LogP contribution in [0.5, 0.6) is 0 Å². The number of anilines is 1. The summed E-state index contributed by atoms with van der Waals surface area (Å²) in [7, 11) is 0. The molecule has 5 rings (SSSR count). The van der Waals surface area contributed by atoms with Crippen molar-refractivity contribution in [3.05, 3.63) is 76.5 Å². The zero-order valence-corrected chi connectivity index (χ0v) is 23.0. The van der Waals surface area contributed by atoms with Crippen LogP contribution in [0.1, 0.15) is 50.3 Å². The van der Waals surface area contributed by atoms with Gasteiger partial charge in [0.25, 0.3) is 0 Å². The van der Waals surface area contributed by atoms with E-state index in [1.54, 1.807) is 0 Å². The summed E-state index contributed by atoms with van der Waals surface area (Å²) in [6, 6.07) is 7.98. The highest BCUT2D eigenvalue weighted by molar-refractivity contribution is 5.61. The molecule has 5 heteroatoms. The van der Waals surface area contributed by atoms with E-state index in [1.807, 2.05) is 12.2 Å². The van der Waals surface area contributed by atoms with Crippen molar-refractivity contribution in [3.8, 4) is 6.07 Å². The van der Waals surface area contributed by atoms with Crippen molar-refractivity contribution in [1.82, 2.24) is 10.2 Å². The Balaban J connectivity index is 1.43. The van der Waals surface area contributed by atoms with E-state index in [0.29, 0.717) is 6.04 Å². The molecule has 1 aromatic rings. The average molecular weight is 499 g/mol. The highest BCUT2D eigenvalue weighted by atomic mass is 16.5. The summed E-state index contributed by atoms with van der Waals surface area (Å²) in [5, 5.41) is 13.2. The minimum Gasteiger partial charge on any atom is -0.380 e. The van der Waals surface area contributed by atoms with Gasteiger partial charge in [0.15, 0.2) is 0 Å². The molecule has 5 nitrogen and oxygen atoms in total. The summed E-state index contributed by atoms with van der Waals surface area (Å²) in [6.45, 7) is 19.5. The van der Waals surface area contributed by atoms with Crippen LogP contribution in [-0.2, 0) is 16.6 Å². The molecule has 196 valence electrons. The summed E-state index contributed by atoms with van der Waals surface area (Å²) < 4.78 is 5.58. The first-order valence-electron chi connectivity index (χ1n) is 14.0. The minimum absolute atomic E-state index is 0.107. The maximum Gasteiger partial charge on any atom is 0.0988 e. The summed E-state index contributed by atoms with van der Waals surface area (Å²) in [6.07, 6.45) is 11.6. The third-order valence-corrected chi connectivity index (χ3v) is 9.01. The molecule has 1 aliphatic carbocycles. The largest absolute Gasteiger partial charge is 0.380 e. The Morgan fingerprint density at radius 1 is 1.19 bits per heavy atom. The second kappa shape index (κ2) is 10.5. The van der Waals surface area contributed by atoms with E-state index in [1.165, 1.54) is 46.5 Å². The smallest absolute Gasteiger partial charge is 0.0988 e. The number of aryl methyl sites for hydroxylation is 2. The van der Waals surface area contributed by atoms with Crippen LogP contribution in [0, 0.1) is 24.2 Å². The number of morpholine rings is 1. The van der Waals surface area contributed by atoms with Gasteiger partial charge in [-0.25, -0.2) is 0 Å². The van der Waals surface area contributed by atoms with Crippen molar-refractivity contribution >= 4 is 5.69 Å². The van der Waals surface area contributed by atoms with Crippen molar-refractivity contribution < 1.29 is 4.74 Å². The zero-order chi connectivity index (χ0) is 26.2. The van der Waals surface area contributed by atoms with Gasteiger partial charge in [-0.3, -0.25) is 4.90 Å². The van der Waals surface area contributed by atoms with Crippen molar-refractivity contribution in [2.24, 2.45) is 5.92 Å². The van der Waals surface area contributed by atoms with Gasteiger partial charge in [-0.05, 0) is 66.7 Å². The second-order valence-corrected chi connectivity index (χ2v) is 11.5. The molecule has 2 atom stereocenters. The molecule has 2 saturated heterocycles. The quantitative estimate of drug-likeness (QED) is 0.585. The van der Waals surface area contributed by atoms with Crippen molar-refractivity contribution in [2.45, 2.75) is 64.5 Å². The molecule has 0 radical (unpaired) electrons. The fourth-order valence-corrected chi connectivity index (χ4v) is 6.94. The Hall–Kier alpha value is -2.81. The molecule has 0 bridgehead atoms. The monoisotopic (exact) mass is 498 g/mol. The zero-order valence-electron chi connectivity index (χ0n) is 23.0. The number of hydrogen-bond acceptors (Lipinski definition) is 5. The third kappa shape index (κ3) is 4.78. The van der Waals surface area contributed by atoms with E-state index in [2.05, 4.69) is 79.7 Å². The van der Waals surface area contributed by atoms with Gasteiger partial charge in [0.2, 0.25) is 0 Å². The van der Waals surface area contributed by atoms with Gasteiger partial charge in [-0.2, -0.15) is 5.26 Å². The van der Waals surface area contributed by atoms with Crippen LogP contribution in [0.3, 0.4) is 0 Å². The molecule has 2 fully saturated rings. The summed E-state index contributed by atoms with van der Waals surface area (Å²) in [5.41, 5.74) is 8.52. The Morgan fingerprint density at radius 3 is 2.57 bits per heavy atom. The number of nitrogens with one attached hydrogen (secondary N) is 1. The normalized spacial score (nSPS) is 24.9. The molecule has 3 heterocycles. The lowest BCUT2D eigenvalue weighted by Gasteiger charge is -2.42. The lowest BCUT2D eigenvalue weighted by molar-refractivity contribution is 0.0115. The van der Waals surface area contributed by atoms with Gasteiger partial charge in [0.1, 0.15) is 0 Å². The van der Waals surface area contributed by atoms with Gasteiger partial charge in [0, 0.05) is 60.5 Å². The van der Waals surface area contributed by atoms with Gasteiger partial charge >= 0.3 is 0 Å². The maximum atomic E-state index is 9.42. The predicted molar refractivity (Wildman–Crippen MR) is 152 cm³/mol. The van der Waals surface area contributed by atoms with Crippen LogP contribution in [0.25, 0.3) is 0 Å². The summed E-state index contributed by atoms with van der Waals surface area (Å²) >= 11 is 0. The summed E-state index contributed by atoms with van der Waals surface area (Å²) in [5.74, 6) is 0.220. The lowest BCUT2D eigenvalue weighted by Crippen LogP contribution is -2.49. The fraction of sp³-hybridized carbons (Fsp3) is 0.531. The van der Waals surface area contributed by atoms with Crippen LogP contribution in [0.4, 0.5) is 5.69 Å². The van der Waals surface area contributed by atoms with Crippen molar-refractivity contribution in [3.63, 3.8) is 0 Å². The molecule has 1 N–H and O–H groups in total. The van der Waals surface area contributed by atoms with Crippen LogP contribution in [0.2, 0.25) is 0 Å². The number of piperidine rings is 1. The molecule has 0 saturated carbocycles. The molecule has 0 spiro atoms. The number of ether oxygens (including phenoxy) is 1. The van der Waals surface area contributed by atoms with E-state index in [9.17, 15) is 5.26 Å². The second-order valence-electron chi connectivity index (χ2n) is 11.5. The van der Waals surface area contributed by atoms with Crippen molar-refractivity contribution in [1.29, 1.82) is 5.26 Å². The van der Waals surface area contributed by atoms with Crippen LogP contribution in [0.15, 0.2) is 59.9 Å². The van der Waals surface area contributed by atoms with Crippen LogP contribution in [-0.4, -0.2) is 56.4 Å². The number of allylic oxidation sites excluding steroid dienone is 4. The molecule has 3 aliphatic heterocycles. The van der Waals surface area contributed by atoms with E-state index in [0.717, 1.165) is 51.4 Å². The van der Waals surface area contributed by atoms with Crippen molar-refractivity contribution in [2.75, 3.05) is 44.3 Å². The number of hydrogen-bond donors (Lipinski definition) is 1. The molecule has 2 unspecified atom stereocenters. The molecule has 0 amide bonds.